The molecular weight excluding hydrogens is 256 g/mol. The van der Waals surface area contributed by atoms with Gasteiger partial charge in [0, 0.05) is 25.6 Å². The average Bonchev–Trinajstić information content (AvgIpc) is 2.36. The first kappa shape index (κ1) is 15.4. The van der Waals surface area contributed by atoms with E-state index >= 15 is 0 Å². The van der Waals surface area contributed by atoms with Gasteiger partial charge in [-0.25, -0.2) is 12.7 Å². The maximum absolute atomic E-state index is 11.7. The fourth-order valence-corrected chi connectivity index (χ4v) is 3.10. The molecule has 0 aromatic rings. The van der Waals surface area contributed by atoms with Crippen molar-refractivity contribution < 1.29 is 18.3 Å². The zero-order valence-corrected chi connectivity index (χ0v) is 11.7. The Morgan fingerprint density at radius 2 is 2.00 bits per heavy atom. The van der Waals surface area contributed by atoms with E-state index in [0.717, 1.165) is 0 Å². The number of carbonyl (C=O) groups is 1. The van der Waals surface area contributed by atoms with Crippen molar-refractivity contribution in [3.63, 3.8) is 0 Å². The molecule has 0 aromatic carbocycles. The smallest absolute Gasteiger partial charge is 0.223 e. The summed E-state index contributed by atoms with van der Waals surface area (Å²) in [5, 5.41) is 11.7. The fraction of sp³-hybridized carbons (Fsp3) is 0.909. The van der Waals surface area contributed by atoms with E-state index in [4.69, 9.17) is 5.11 Å². The molecule has 0 bridgehead atoms. The van der Waals surface area contributed by atoms with Crippen molar-refractivity contribution >= 4 is 15.9 Å². The van der Waals surface area contributed by atoms with Gasteiger partial charge >= 0.3 is 0 Å². The second-order valence-electron chi connectivity index (χ2n) is 4.67. The van der Waals surface area contributed by atoms with Gasteiger partial charge in [-0.2, -0.15) is 0 Å². The van der Waals surface area contributed by atoms with E-state index in [0.29, 0.717) is 25.9 Å². The molecule has 1 saturated heterocycles. The number of amides is 1. The average molecular weight is 278 g/mol. The minimum absolute atomic E-state index is 0.0931. The topological polar surface area (TPSA) is 86.7 Å². The Morgan fingerprint density at radius 1 is 1.44 bits per heavy atom. The van der Waals surface area contributed by atoms with E-state index in [1.54, 1.807) is 13.8 Å². The quantitative estimate of drug-likeness (QED) is 0.713. The van der Waals surface area contributed by atoms with Gasteiger partial charge in [0.25, 0.3) is 0 Å². The van der Waals surface area contributed by atoms with Gasteiger partial charge in [0.15, 0.2) is 0 Å². The molecule has 0 aliphatic carbocycles. The number of carbonyl (C=O) groups excluding carboxylic acids is 1. The molecule has 0 spiro atoms. The number of sulfonamides is 1. The molecule has 1 fully saturated rings. The summed E-state index contributed by atoms with van der Waals surface area (Å²) in [6.45, 7) is 4.28. The highest BCUT2D eigenvalue weighted by molar-refractivity contribution is 7.89. The van der Waals surface area contributed by atoms with Crippen LogP contribution in [0, 0.1) is 5.92 Å². The lowest BCUT2D eigenvalue weighted by Crippen LogP contribution is -2.44. The van der Waals surface area contributed by atoms with Crippen molar-refractivity contribution in [2.24, 2.45) is 5.92 Å². The molecule has 7 heteroatoms. The van der Waals surface area contributed by atoms with Crippen LogP contribution in [-0.2, 0) is 14.8 Å². The molecule has 6 nitrogen and oxygen atoms in total. The summed E-state index contributed by atoms with van der Waals surface area (Å²) in [7, 11) is -3.13. The number of piperidine rings is 1. The fourth-order valence-electron chi connectivity index (χ4n) is 1.97. The van der Waals surface area contributed by atoms with Crippen LogP contribution in [0.1, 0.15) is 26.7 Å². The van der Waals surface area contributed by atoms with Crippen molar-refractivity contribution in [2.45, 2.75) is 32.8 Å². The predicted molar refractivity (Wildman–Crippen MR) is 68.4 cm³/mol. The van der Waals surface area contributed by atoms with Crippen LogP contribution in [0.4, 0.5) is 0 Å². The van der Waals surface area contributed by atoms with E-state index in [1.165, 1.54) is 4.31 Å². The number of aliphatic hydroxyl groups is 1. The minimum Gasteiger partial charge on any atom is -0.392 e. The van der Waals surface area contributed by atoms with Crippen LogP contribution in [0.25, 0.3) is 0 Å². The van der Waals surface area contributed by atoms with Crippen molar-refractivity contribution in [1.29, 1.82) is 0 Å². The van der Waals surface area contributed by atoms with E-state index in [2.05, 4.69) is 5.32 Å². The first-order valence-electron chi connectivity index (χ1n) is 6.30. The Hall–Kier alpha value is -0.660. The number of hydrogen-bond acceptors (Lipinski definition) is 4. The van der Waals surface area contributed by atoms with Gasteiger partial charge < -0.3 is 10.4 Å². The molecule has 1 rings (SSSR count). The van der Waals surface area contributed by atoms with Gasteiger partial charge in [0.1, 0.15) is 0 Å². The van der Waals surface area contributed by atoms with Crippen LogP contribution in [0.3, 0.4) is 0 Å². The largest absolute Gasteiger partial charge is 0.392 e. The van der Waals surface area contributed by atoms with E-state index < -0.39 is 16.1 Å². The van der Waals surface area contributed by atoms with Crippen LogP contribution >= 0.6 is 0 Å². The normalized spacial score (nSPS) is 20.6. The predicted octanol–water partition coefficient (Wildman–Crippen LogP) is -0.455. The zero-order chi connectivity index (χ0) is 13.8. The summed E-state index contributed by atoms with van der Waals surface area (Å²) in [5.41, 5.74) is 0. The van der Waals surface area contributed by atoms with Crippen LogP contribution in [0.5, 0.6) is 0 Å². The molecule has 0 saturated carbocycles. The molecular formula is C11H22N2O4S. The third kappa shape index (κ3) is 4.22. The van der Waals surface area contributed by atoms with Crippen LogP contribution in [-0.4, -0.2) is 55.2 Å². The lowest BCUT2D eigenvalue weighted by atomic mass is 9.97. The van der Waals surface area contributed by atoms with Gasteiger partial charge in [-0.3, -0.25) is 4.79 Å². The molecule has 0 aromatic heterocycles. The minimum atomic E-state index is -3.13. The summed E-state index contributed by atoms with van der Waals surface area (Å²) < 4.78 is 24.7. The highest BCUT2D eigenvalue weighted by atomic mass is 32.2. The van der Waals surface area contributed by atoms with Crippen LogP contribution in [0.15, 0.2) is 0 Å². The molecule has 1 aliphatic heterocycles. The van der Waals surface area contributed by atoms with E-state index in [1.807, 2.05) is 0 Å². The van der Waals surface area contributed by atoms with Crippen molar-refractivity contribution in [3.05, 3.63) is 0 Å². The summed E-state index contributed by atoms with van der Waals surface area (Å²) in [6.07, 6.45) is 0.532. The summed E-state index contributed by atoms with van der Waals surface area (Å²) in [6, 6.07) is 0. The molecule has 1 heterocycles. The molecule has 2 N–H and O–H groups in total. The number of nitrogens with one attached hydrogen (secondary N) is 1. The van der Waals surface area contributed by atoms with Crippen molar-refractivity contribution in [1.82, 2.24) is 9.62 Å². The lowest BCUT2D eigenvalue weighted by Gasteiger charge is -2.30. The maximum atomic E-state index is 11.7. The maximum Gasteiger partial charge on any atom is 0.223 e. The number of rotatable bonds is 5. The third-order valence-electron chi connectivity index (χ3n) is 3.15. The van der Waals surface area contributed by atoms with E-state index in [9.17, 15) is 13.2 Å². The van der Waals surface area contributed by atoms with Gasteiger partial charge in [-0.15, -0.1) is 0 Å². The summed E-state index contributed by atoms with van der Waals surface area (Å²) in [5.74, 6) is -0.136. The Morgan fingerprint density at radius 3 is 2.44 bits per heavy atom. The molecule has 0 unspecified atom stereocenters. The Labute approximate surface area is 108 Å². The SMILES string of the molecule is CCS(=O)(=O)N1CCC(C(=O)NC[C@H](C)O)CC1. The highest BCUT2D eigenvalue weighted by Crippen LogP contribution is 2.19. The molecule has 1 aliphatic rings. The molecule has 1 amide bonds. The first-order valence-corrected chi connectivity index (χ1v) is 7.91. The Balaban J connectivity index is 2.42. The van der Waals surface area contributed by atoms with Crippen LogP contribution in [0.2, 0.25) is 0 Å². The Kier molecular flexibility index (Phi) is 5.55. The third-order valence-corrected chi connectivity index (χ3v) is 5.04. The molecule has 18 heavy (non-hydrogen) atoms. The molecule has 0 radical (unpaired) electrons. The first-order chi connectivity index (χ1) is 8.36. The van der Waals surface area contributed by atoms with Gasteiger partial charge in [0.05, 0.1) is 11.9 Å². The Bertz CT molecular complexity index is 373. The van der Waals surface area contributed by atoms with Gasteiger partial charge in [0.2, 0.25) is 15.9 Å². The monoisotopic (exact) mass is 278 g/mol. The molecule has 106 valence electrons. The van der Waals surface area contributed by atoms with Crippen molar-refractivity contribution in [3.8, 4) is 0 Å². The summed E-state index contributed by atoms with van der Waals surface area (Å²) >= 11 is 0. The standard InChI is InChI=1S/C11H22N2O4S/c1-3-18(16,17)13-6-4-10(5-7-13)11(15)12-8-9(2)14/h9-10,14H,3-8H2,1-2H3,(H,12,15)/t9-/m0/s1. The number of aliphatic hydroxyl groups excluding tert-OH is 1. The second kappa shape index (κ2) is 6.49. The number of hydrogen-bond donors (Lipinski definition) is 2. The van der Waals surface area contributed by atoms with Crippen LogP contribution < -0.4 is 5.32 Å². The zero-order valence-electron chi connectivity index (χ0n) is 10.9. The highest BCUT2D eigenvalue weighted by Gasteiger charge is 2.29. The lowest BCUT2D eigenvalue weighted by molar-refractivity contribution is -0.126. The van der Waals surface area contributed by atoms with Crippen molar-refractivity contribution in [2.75, 3.05) is 25.4 Å². The number of nitrogens with zero attached hydrogens (tertiary/aromatic N) is 1. The van der Waals surface area contributed by atoms with Gasteiger partial charge in [-0.1, -0.05) is 0 Å². The van der Waals surface area contributed by atoms with Gasteiger partial charge in [-0.05, 0) is 26.7 Å². The van der Waals surface area contributed by atoms with E-state index in [-0.39, 0.29) is 24.1 Å². The summed E-state index contributed by atoms with van der Waals surface area (Å²) in [4.78, 5) is 11.7. The second-order valence-corrected chi connectivity index (χ2v) is 6.93. The molecule has 1 atom stereocenters.